The molecular formula is C15H11FN2O2. The molecule has 0 unspecified atom stereocenters. The number of carboxylic acids is 1. The Hall–Kier alpha value is -2.69. The third-order valence-electron chi connectivity index (χ3n) is 3.18. The molecule has 1 N–H and O–H groups in total. The highest BCUT2D eigenvalue weighted by Gasteiger charge is 2.17. The number of para-hydroxylation sites is 2. The van der Waals surface area contributed by atoms with E-state index in [9.17, 15) is 14.3 Å². The summed E-state index contributed by atoms with van der Waals surface area (Å²) < 4.78 is 15.6. The minimum Gasteiger partial charge on any atom is -0.478 e. The minimum absolute atomic E-state index is 0.112. The van der Waals surface area contributed by atoms with Crippen LogP contribution < -0.4 is 0 Å². The lowest BCUT2D eigenvalue weighted by Crippen LogP contribution is -2.00. The Morgan fingerprint density at radius 1 is 1.20 bits per heavy atom. The third kappa shape index (κ3) is 1.75. The van der Waals surface area contributed by atoms with E-state index < -0.39 is 5.97 Å². The van der Waals surface area contributed by atoms with Crippen molar-refractivity contribution < 1.29 is 14.3 Å². The van der Waals surface area contributed by atoms with Gasteiger partial charge >= 0.3 is 5.97 Å². The van der Waals surface area contributed by atoms with Crippen LogP contribution in [0, 0.1) is 12.7 Å². The van der Waals surface area contributed by atoms with E-state index in [1.54, 1.807) is 41.8 Å². The summed E-state index contributed by atoms with van der Waals surface area (Å²) in [5.41, 5.74) is 1.41. The second kappa shape index (κ2) is 4.45. The first-order valence-electron chi connectivity index (χ1n) is 6.06. The van der Waals surface area contributed by atoms with Crippen molar-refractivity contribution in [2.24, 2.45) is 0 Å². The van der Waals surface area contributed by atoms with E-state index in [0.717, 1.165) is 0 Å². The first-order valence-corrected chi connectivity index (χ1v) is 6.06. The number of aryl methyl sites for hydroxylation is 1. The van der Waals surface area contributed by atoms with E-state index in [2.05, 4.69) is 4.98 Å². The van der Waals surface area contributed by atoms with Crippen molar-refractivity contribution in [2.45, 2.75) is 6.92 Å². The predicted octanol–water partition coefficient (Wildman–Crippen LogP) is 3.17. The van der Waals surface area contributed by atoms with E-state index in [0.29, 0.717) is 22.5 Å². The Kier molecular flexibility index (Phi) is 2.75. The number of aromatic carboxylic acids is 1. The maximum atomic E-state index is 14.0. The maximum absolute atomic E-state index is 14.0. The molecule has 0 aliphatic heterocycles. The molecule has 1 aromatic heterocycles. The SMILES string of the molecule is Cc1nc2c(C(=O)O)cccc2n1-c1ccccc1F. The van der Waals surface area contributed by atoms with Crippen LogP contribution in [0.3, 0.4) is 0 Å². The van der Waals surface area contributed by atoms with E-state index in [1.807, 2.05) is 0 Å². The van der Waals surface area contributed by atoms with Crippen molar-refractivity contribution in [1.82, 2.24) is 9.55 Å². The van der Waals surface area contributed by atoms with E-state index in [1.165, 1.54) is 12.1 Å². The molecule has 3 aromatic rings. The van der Waals surface area contributed by atoms with Crippen LogP contribution in [0.1, 0.15) is 16.2 Å². The van der Waals surface area contributed by atoms with Gasteiger partial charge in [0.2, 0.25) is 0 Å². The Labute approximate surface area is 114 Å². The zero-order chi connectivity index (χ0) is 14.3. The number of imidazole rings is 1. The summed E-state index contributed by atoms with van der Waals surface area (Å²) in [4.78, 5) is 15.5. The fourth-order valence-electron chi connectivity index (χ4n) is 2.33. The summed E-state index contributed by atoms with van der Waals surface area (Å²) in [6.07, 6.45) is 0. The second-order valence-corrected chi connectivity index (χ2v) is 4.42. The molecule has 4 nitrogen and oxygen atoms in total. The predicted molar refractivity (Wildman–Crippen MR) is 72.7 cm³/mol. The summed E-state index contributed by atoms with van der Waals surface area (Å²) >= 11 is 0. The van der Waals surface area contributed by atoms with Crippen LogP contribution in [0.5, 0.6) is 0 Å². The van der Waals surface area contributed by atoms with Gasteiger partial charge < -0.3 is 5.11 Å². The number of fused-ring (bicyclic) bond motifs is 1. The first kappa shape index (κ1) is 12.3. The molecule has 0 aliphatic rings. The molecule has 2 aromatic carbocycles. The molecule has 0 fully saturated rings. The highest BCUT2D eigenvalue weighted by atomic mass is 19.1. The summed E-state index contributed by atoms with van der Waals surface area (Å²) in [6, 6.07) is 11.2. The van der Waals surface area contributed by atoms with Gasteiger partial charge in [-0.2, -0.15) is 0 Å². The molecule has 0 saturated carbocycles. The molecule has 20 heavy (non-hydrogen) atoms. The number of nitrogens with zero attached hydrogens (tertiary/aromatic N) is 2. The van der Waals surface area contributed by atoms with Crippen molar-refractivity contribution in [2.75, 3.05) is 0 Å². The lowest BCUT2D eigenvalue weighted by Gasteiger charge is -2.07. The number of carbonyl (C=O) groups is 1. The van der Waals surface area contributed by atoms with E-state index in [-0.39, 0.29) is 11.4 Å². The molecule has 5 heteroatoms. The average molecular weight is 270 g/mol. The molecule has 0 atom stereocenters. The van der Waals surface area contributed by atoms with Crippen molar-refractivity contribution in [3.63, 3.8) is 0 Å². The van der Waals surface area contributed by atoms with Gasteiger partial charge in [-0.1, -0.05) is 18.2 Å². The maximum Gasteiger partial charge on any atom is 0.337 e. The standard InChI is InChI=1S/C15H11FN2O2/c1-9-17-14-10(15(19)20)5-4-8-13(14)18(9)12-7-3-2-6-11(12)16/h2-8H,1H3,(H,19,20). The summed E-state index contributed by atoms with van der Waals surface area (Å²) in [7, 11) is 0. The van der Waals surface area contributed by atoms with E-state index in [4.69, 9.17) is 0 Å². The Balaban J connectivity index is 2.38. The number of carboxylic acid groups (broad SMARTS) is 1. The number of aromatic nitrogens is 2. The van der Waals surface area contributed by atoms with Crippen LogP contribution in [0.2, 0.25) is 0 Å². The van der Waals surface area contributed by atoms with Crippen LogP contribution in [-0.4, -0.2) is 20.6 Å². The summed E-state index contributed by atoms with van der Waals surface area (Å²) in [5, 5.41) is 9.18. The Bertz CT molecular complexity index is 824. The number of rotatable bonds is 2. The quantitative estimate of drug-likeness (QED) is 0.778. The van der Waals surface area contributed by atoms with Crippen LogP contribution in [0.25, 0.3) is 16.7 Å². The van der Waals surface area contributed by atoms with Gasteiger partial charge in [-0.15, -0.1) is 0 Å². The smallest absolute Gasteiger partial charge is 0.337 e. The van der Waals surface area contributed by atoms with Gasteiger partial charge in [-0.3, -0.25) is 4.57 Å². The lowest BCUT2D eigenvalue weighted by molar-refractivity contribution is 0.0699. The van der Waals surface area contributed by atoms with Crippen molar-refractivity contribution in [3.8, 4) is 5.69 Å². The largest absolute Gasteiger partial charge is 0.478 e. The van der Waals surface area contributed by atoms with Crippen LogP contribution in [-0.2, 0) is 0 Å². The van der Waals surface area contributed by atoms with Crippen molar-refractivity contribution in [1.29, 1.82) is 0 Å². The molecule has 0 bridgehead atoms. The van der Waals surface area contributed by atoms with Gasteiger partial charge in [0.15, 0.2) is 0 Å². The molecular weight excluding hydrogens is 259 g/mol. The average Bonchev–Trinajstić information content (AvgIpc) is 2.75. The number of hydrogen-bond donors (Lipinski definition) is 1. The van der Waals surface area contributed by atoms with Gasteiger partial charge in [-0.25, -0.2) is 14.2 Å². The van der Waals surface area contributed by atoms with Crippen LogP contribution in [0.4, 0.5) is 4.39 Å². The van der Waals surface area contributed by atoms with Gasteiger partial charge in [0.05, 0.1) is 16.8 Å². The molecule has 0 spiro atoms. The molecule has 0 radical (unpaired) electrons. The molecule has 0 amide bonds. The molecule has 3 rings (SSSR count). The topological polar surface area (TPSA) is 55.1 Å². The lowest BCUT2D eigenvalue weighted by atomic mass is 10.2. The van der Waals surface area contributed by atoms with Gasteiger partial charge in [0.1, 0.15) is 17.2 Å². The first-order chi connectivity index (χ1) is 9.59. The van der Waals surface area contributed by atoms with E-state index >= 15 is 0 Å². The number of hydrogen-bond acceptors (Lipinski definition) is 2. The highest BCUT2D eigenvalue weighted by molar-refractivity contribution is 6.01. The molecule has 0 aliphatic carbocycles. The fraction of sp³-hybridized carbons (Fsp3) is 0.0667. The van der Waals surface area contributed by atoms with Gasteiger partial charge in [0, 0.05) is 0 Å². The van der Waals surface area contributed by atoms with Crippen LogP contribution in [0.15, 0.2) is 42.5 Å². The summed E-state index contributed by atoms with van der Waals surface area (Å²) in [5.74, 6) is -0.886. The molecule has 100 valence electrons. The number of benzene rings is 2. The van der Waals surface area contributed by atoms with Gasteiger partial charge in [0.25, 0.3) is 0 Å². The van der Waals surface area contributed by atoms with Crippen molar-refractivity contribution in [3.05, 3.63) is 59.7 Å². The normalized spacial score (nSPS) is 10.9. The zero-order valence-electron chi connectivity index (χ0n) is 10.7. The van der Waals surface area contributed by atoms with Crippen molar-refractivity contribution >= 4 is 17.0 Å². The zero-order valence-corrected chi connectivity index (χ0v) is 10.7. The molecule has 0 saturated heterocycles. The minimum atomic E-state index is -1.05. The summed E-state index contributed by atoms with van der Waals surface area (Å²) in [6.45, 7) is 1.72. The third-order valence-corrected chi connectivity index (χ3v) is 3.18. The number of halogens is 1. The second-order valence-electron chi connectivity index (χ2n) is 4.42. The fourth-order valence-corrected chi connectivity index (χ4v) is 2.33. The van der Waals surface area contributed by atoms with Gasteiger partial charge in [-0.05, 0) is 31.2 Å². The Morgan fingerprint density at radius 2 is 1.95 bits per heavy atom. The monoisotopic (exact) mass is 270 g/mol. The highest BCUT2D eigenvalue weighted by Crippen LogP contribution is 2.25. The van der Waals surface area contributed by atoms with Crippen LogP contribution >= 0.6 is 0 Å². The Morgan fingerprint density at radius 3 is 2.65 bits per heavy atom. The molecule has 1 heterocycles.